The van der Waals surface area contributed by atoms with E-state index in [2.05, 4.69) is 6.92 Å². The molecule has 0 saturated carbocycles. The second-order valence-corrected chi connectivity index (χ2v) is 8.71. The third-order valence-corrected chi connectivity index (χ3v) is 5.71. The first kappa shape index (κ1) is 28.2. The molecule has 0 spiro atoms. The van der Waals surface area contributed by atoms with Gasteiger partial charge in [0.1, 0.15) is 5.56 Å². The first-order valence-electron chi connectivity index (χ1n) is 12.7. The average Bonchev–Trinajstić information content (AvgIpc) is 2.83. The summed E-state index contributed by atoms with van der Waals surface area (Å²) in [7, 11) is 3.20. The molecule has 0 fully saturated rings. The van der Waals surface area contributed by atoms with Gasteiger partial charge in [0, 0.05) is 26.4 Å². The van der Waals surface area contributed by atoms with E-state index in [0.29, 0.717) is 30.2 Å². The van der Waals surface area contributed by atoms with Gasteiger partial charge in [-0.1, -0.05) is 51.9 Å². The lowest BCUT2D eigenvalue weighted by Gasteiger charge is -2.18. The van der Waals surface area contributed by atoms with Gasteiger partial charge >= 0.3 is 12.0 Å². The zero-order chi connectivity index (χ0) is 25.8. The van der Waals surface area contributed by atoms with Gasteiger partial charge in [0.25, 0.3) is 0 Å². The van der Waals surface area contributed by atoms with E-state index in [9.17, 15) is 14.4 Å². The fraction of sp³-hybridized carbons (Fsp3) is 0.593. The molecule has 1 heterocycles. The normalized spacial score (nSPS) is 10.9. The Kier molecular flexibility index (Phi) is 11.6. The number of rotatable bonds is 14. The van der Waals surface area contributed by atoms with E-state index >= 15 is 0 Å². The predicted molar refractivity (Wildman–Crippen MR) is 138 cm³/mol. The Balaban J connectivity index is 2.34. The number of carbonyl (C=O) groups is 2. The number of hydrogen-bond donors (Lipinski definition) is 0. The van der Waals surface area contributed by atoms with Gasteiger partial charge in [-0.3, -0.25) is 9.36 Å². The van der Waals surface area contributed by atoms with Gasteiger partial charge in [-0.05, 0) is 26.3 Å². The Morgan fingerprint density at radius 1 is 0.857 bits per heavy atom. The monoisotopic (exact) mass is 488 g/mol. The number of benzene rings is 1. The minimum absolute atomic E-state index is 0.119. The van der Waals surface area contributed by atoms with Crippen molar-refractivity contribution < 1.29 is 23.8 Å². The van der Waals surface area contributed by atoms with Crippen LogP contribution in [0.25, 0.3) is 10.9 Å². The van der Waals surface area contributed by atoms with E-state index in [1.807, 2.05) is 6.92 Å². The van der Waals surface area contributed by atoms with Crippen LogP contribution >= 0.6 is 0 Å². The first-order chi connectivity index (χ1) is 16.8. The molecule has 0 atom stereocenters. The summed E-state index contributed by atoms with van der Waals surface area (Å²) in [4.78, 5) is 39.9. The molecule has 0 aliphatic carbocycles. The lowest BCUT2D eigenvalue weighted by Crippen LogP contribution is -2.30. The Morgan fingerprint density at radius 2 is 1.49 bits per heavy atom. The molecule has 194 valence electrons. The molecule has 0 aliphatic heterocycles. The van der Waals surface area contributed by atoms with Gasteiger partial charge in [0.2, 0.25) is 5.43 Å². The number of unbranched alkanes of at least 4 members (excludes halogenated alkanes) is 7. The molecule has 2 rings (SSSR count). The fourth-order valence-electron chi connectivity index (χ4n) is 3.86. The molecule has 8 nitrogen and oxygen atoms in total. The maximum atomic E-state index is 13.2. The van der Waals surface area contributed by atoms with Gasteiger partial charge in [-0.15, -0.1) is 0 Å². The summed E-state index contributed by atoms with van der Waals surface area (Å²) in [6, 6.07) is 2.78. The van der Waals surface area contributed by atoms with Crippen molar-refractivity contribution in [1.82, 2.24) is 9.47 Å². The molecule has 0 radical (unpaired) electrons. The van der Waals surface area contributed by atoms with Crippen molar-refractivity contribution in [2.24, 2.45) is 0 Å². The van der Waals surface area contributed by atoms with Crippen molar-refractivity contribution >= 4 is 22.9 Å². The van der Waals surface area contributed by atoms with Crippen LogP contribution in [0.5, 0.6) is 11.5 Å². The maximum absolute atomic E-state index is 13.2. The van der Waals surface area contributed by atoms with E-state index in [1.165, 1.54) is 54.2 Å². The van der Waals surface area contributed by atoms with Gasteiger partial charge in [0.05, 0.1) is 30.7 Å². The predicted octanol–water partition coefficient (Wildman–Crippen LogP) is 5.63. The summed E-state index contributed by atoms with van der Waals surface area (Å²) < 4.78 is 18.1. The Hall–Kier alpha value is -3.03. The molecule has 2 aromatic rings. The zero-order valence-electron chi connectivity index (χ0n) is 21.9. The molecule has 1 amide bonds. The highest BCUT2D eigenvalue weighted by atomic mass is 16.5. The Bertz CT molecular complexity index is 1040. The summed E-state index contributed by atoms with van der Waals surface area (Å²) in [5, 5.41) is 0.195. The number of aromatic nitrogens is 1. The number of ether oxygens (including phenoxy) is 3. The largest absolute Gasteiger partial charge is 0.490 e. The molecular weight excluding hydrogens is 448 g/mol. The quantitative estimate of drug-likeness (QED) is 0.253. The van der Waals surface area contributed by atoms with Crippen molar-refractivity contribution in [2.45, 2.75) is 72.1 Å². The van der Waals surface area contributed by atoms with Crippen molar-refractivity contribution in [1.29, 1.82) is 0 Å². The molecule has 1 aromatic carbocycles. The van der Waals surface area contributed by atoms with Crippen molar-refractivity contribution in [2.75, 3.05) is 33.9 Å². The molecule has 0 N–H and O–H groups in total. The highest BCUT2D eigenvalue weighted by molar-refractivity contribution is 5.98. The van der Waals surface area contributed by atoms with Crippen molar-refractivity contribution in [3.05, 3.63) is 34.1 Å². The van der Waals surface area contributed by atoms with Crippen LogP contribution in [0.3, 0.4) is 0 Å². The van der Waals surface area contributed by atoms with Crippen LogP contribution in [0, 0.1) is 0 Å². The van der Waals surface area contributed by atoms with E-state index in [0.717, 1.165) is 12.8 Å². The number of carbonyl (C=O) groups excluding carboxylic acids is 2. The lowest BCUT2D eigenvalue weighted by molar-refractivity contribution is 0.0524. The number of hydrogen-bond acceptors (Lipinski definition) is 6. The second-order valence-electron chi connectivity index (χ2n) is 8.71. The van der Waals surface area contributed by atoms with Gasteiger partial charge in [0.15, 0.2) is 11.5 Å². The first-order valence-corrected chi connectivity index (χ1v) is 12.7. The van der Waals surface area contributed by atoms with Gasteiger partial charge in [-0.2, -0.15) is 0 Å². The van der Waals surface area contributed by atoms with E-state index in [4.69, 9.17) is 14.2 Å². The highest BCUT2D eigenvalue weighted by Gasteiger charge is 2.22. The van der Waals surface area contributed by atoms with E-state index in [-0.39, 0.29) is 17.6 Å². The number of pyridine rings is 1. The van der Waals surface area contributed by atoms with E-state index < -0.39 is 17.4 Å². The third-order valence-electron chi connectivity index (χ3n) is 5.71. The average molecular weight is 489 g/mol. The lowest BCUT2D eigenvalue weighted by atomic mass is 10.1. The van der Waals surface area contributed by atoms with Crippen LogP contribution in [0.15, 0.2) is 23.1 Å². The van der Waals surface area contributed by atoms with Crippen LogP contribution in [-0.2, 0) is 4.74 Å². The number of nitrogens with zero attached hydrogens (tertiary/aromatic N) is 2. The van der Waals surface area contributed by atoms with Gasteiger partial charge < -0.3 is 19.1 Å². The summed E-state index contributed by atoms with van der Waals surface area (Å²) >= 11 is 0. The fourth-order valence-corrected chi connectivity index (χ4v) is 3.86. The van der Waals surface area contributed by atoms with Crippen LogP contribution < -0.4 is 14.9 Å². The van der Waals surface area contributed by atoms with Crippen LogP contribution in [0.1, 0.15) is 82.5 Å². The van der Waals surface area contributed by atoms with Crippen molar-refractivity contribution in [3.8, 4) is 11.5 Å². The van der Waals surface area contributed by atoms with Crippen LogP contribution in [0.4, 0.5) is 4.79 Å². The smallest absolute Gasteiger partial charge is 0.343 e. The minimum Gasteiger partial charge on any atom is -0.490 e. The minimum atomic E-state index is -0.769. The summed E-state index contributed by atoms with van der Waals surface area (Å²) in [5.41, 5.74) is -0.376. The molecule has 1 aromatic heterocycles. The molecule has 35 heavy (non-hydrogen) atoms. The SMILES string of the molecule is CCCCCCCCCCOc1cc2c(=O)c(C(=O)OCC)cn(C(=O)N(C)C)c2cc1OCC. The number of fused-ring (bicyclic) bond motifs is 1. The second kappa shape index (κ2) is 14.4. The summed E-state index contributed by atoms with van der Waals surface area (Å²) in [6.45, 7) is 6.74. The van der Waals surface area contributed by atoms with Crippen LogP contribution in [-0.4, -0.2) is 55.4 Å². The molecular formula is C27H40N2O6. The molecule has 0 unspecified atom stereocenters. The molecule has 8 heteroatoms. The zero-order valence-corrected chi connectivity index (χ0v) is 21.9. The molecule has 0 aliphatic rings. The number of esters is 1. The Morgan fingerprint density at radius 3 is 2.09 bits per heavy atom. The number of amides is 1. The summed E-state index contributed by atoms with van der Waals surface area (Å²) in [5.74, 6) is 0.0995. The maximum Gasteiger partial charge on any atom is 0.343 e. The van der Waals surface area contributed by atoms with Crippen molar-refractivity contribution in [3.63, 3.8) is 0 Å². The van der Waals surface area contributed by atoms with E-state index in [1.54, 1.807) is 33.2 Å². The summed E-state index contributed by atoms with van der Waals surface area (Å²) in [6.07, 6.45) is 10.7. The molecule has 0 bridgehead atoms. The Labute approximate surface area is 208 Å². The van der Waals surface area contributed by atoms with Crippen LogP contribution in [0.2, 0.25) is 0 Å². The standard InChI is InChI=1S/C27H40N2O6/c1-6-9-10-11-12-13-14-15-16-35-23-17-20-22(18-24(23)33-7-2)29(27(32)28(4)5)19-21(25(20)30)26(31)34-8-3/h17-19H,6-16H2,1-5H3. The van der Waals surface area contributed by atoms with Gasteiger partial charge in [-0.25, -0.2) is 9.59 Å². The topological polar surface area (TPSA) is 87.1 Å². The highest BCUT2D eigenvalue weighted by Crippen LogP contribution is 2.32. The molecule has 0 saturated heterocycles. The third kappa shape index (κ3) is 7.73.